The van der Waals surface area contributed by atoms with Crippen LogP contribution in [0.1, 0.15) is 6.92 Å². The van der Waals surface area contributed by atoms with Gasteiger partial charge in [0.05, 0.1) is 24.2 Å². The maximum Gasteiger partial charge on any atom is 0.234 e. The lowest BCUT2D eigenvalue weighted by atomic mass is 10.3. The number of amides is 1. The molecule has 0 aliphatic carbocycles. The number of benzene rings is 1. The van der Waals surface area contributed by atoms with Crippen LogP contribution >= 0.6 is 28.3 Å². The molecule has 0 saturated heterocycles. The molecular formula is C14H22BrClN2O3. The fourth-order valence-electron chi connectivity index (χ4n) is 1.49. The summed E-state index contributed by atoms with van der Waals surface area (Å²) in [4.78, 5) is 11.6. The van der Waals surface area contributed by atoms with Crippen LogP contribution in [0, 0.1) is 0 Å². The number of ether oxygens (including phenoxy) is 2. The van der Waals surface area contributed by atoms with E-state index in [9.17, 15) is 4.79 Å². The number of rotatable bonds is 9. The highest BCUT2D eigenvalue weighted by atomic mass is 79.9. The highest BCUT2D eigenvalue weighted by Gasteiger charge is 2.08. The standard InChI is InChI=1S/C14H21BrN2O3.ClH/c1-11(20-13-6-4-3-5-12(13)15)9-17-14(18)10-16-7-8-19-2;/h3-6,11,16H,7-10H2,1-2H3,(H,17,18);1H. The Morgan fingerprint density at radius 1 is 1.38 bits per heavy atom. The molecule has 0 spiro atoms. The number of methoxy groups -OCH3 is 1. The molecule has 1 aromatic carbocycles. The van der Waals surface area contributed by atoms with Crippen molar-refractivity contribution in [2.24, 2.45) is 0 Å². The number of halogens is 2. The maximum absolute atomic E-state index is 11.6. The molecule has 120 valence electrons. The molecule has 0 aliphatic rings. The number of hydrogen-bond donors (Lipinski definition) is 2. The molecular weight excluding hydrogens is 360 g/mol. The van der Waals surface area contributed by atoms with E-state index >= 15 is 0 Å². The van der Waals surface area contributed by atoms with Crippen molar-refractivity contribution in [1.29, 1.82) is 0 Å². The number of carbonyl (C=O) groups is 1. The minimum Gasteiger partial charge on any atom is -0.488 e. The second-order valence-electron chi connectivity index (χ2n) is 4.33. The van der Waals surface area contributed by atoms with Crippen molar-refractivity contribution in [2.45, 2.75) is 13.0 Å². The van der Waals surface area contributed by atoms with E-state index in [0.29, 0.717) is 19.7 Å². The van der Waals surface area contributed by atoms with Crippen molar-refractivity contribution in [1.82, 2.24) is 10.6 Å². The van der Waals surface area contributed by atoms with Gasteiger partial charge in [-0.3, -0.25) is 4.79 Å². The molecule has 2 N–H and O–H groups in total. The van der Waals surface area contributed by atoms with E-state index in [2.05, 4.69) is 26.6 Å². The van der Waals surface area contributed by atoms with Gasteiger partial charge < -0.3 is 20.1 Å². The van der Waals surface area contributed by atoms with E-state index in [1.807, 2.05) is 31.2 Å². The minimum absolute atomic E-state index is 0. The van der Waals surface area contributed by atoms with Crippen LogP contribution in [0.4, 0.5) is 0 Å². The van der Waals surface area contributed by atoms with Gasteiger partial charge in [0.15, 0.2) is 0 Å². The summed E-state index contributed by atoms with van der Waals surface area (Å²) in [5.74, 6) is 0.719. The van der Waals surface area contributed by atoms with Crippen LogP contribution in [0.3, 0.4) is 0 Å². The third-order valence-electron chi connectivity index (χ3n) is 2.52. The second kappa shape index (κ2) is 11.8. The molecule has 0 saturated carbocycles. The van der Waals surface area contributed by atoms with Crippen molar-refractivity contribution in [3.8, 4) is 5.75 Å². The Morgan fingerprint density at radius 2 is 2.10 bits per heavy atom. The fraction of sp³-hybridized carbons (Fsp3) is 0.500. The van der Waals surface area contributed by atoms with Gasteiger partial charge in [-0.05, 0) is 35.0 Å². The normalized spacial score (nSPS) is 11.4. The Bertz CT molecular complexity index is 421. The zero-order chi connectivity index (χ0) is 14.8. The van der Waals surface area contributed by atoms with Crippen LogP contribution in [0.2, 0.25) is 0 Å². The highest BCUT2D eigenvalue weighted by Crippen LogP contribution is 2.24. The predicted octanol–water partition coefficient (Wildman–Crippen LogP) is 1.99. The number of para-hydroxylation sites is 1. The van der Waals surface area contributed by atoms with E-state index < -0.39 is 0 Å². The fourth-order valence-corrected chi connectivity index (χ4v) is 1.87. The van der Waals surface area contributed by atoms with E-state index in [1.54, 1.807) is 7.11 Å². The van der Waals surface area contributed by atoms with Crippen molar-refractivity contribution >= 4 is 34.2 Å². The quantitative estimate of drug-likeness (QED) is 0.642. The Labute approximate surface area is 140 Å². The Morgan fingerprint density at radius 3 is 2.76 bits per heavy atom. The largest absolute Gasteiger partial charge is 0.488 e. The molecule has 0 fully saturated rings. The summed E-state index contributed by atoms with van der Waals surface area (Å²) in [5.41, 5.74) is 0. The summed E-state index contributed by atoms with van der Waals surface area (Å²) >= 11 is 3.42. The molecule has 0 aliphatic heterocycles. The van der Waals surface area contributed by atoms with Crippen molar-refractivity contribution in [3.05, 3.63) is 28.7 Å². The SMILES string of the molecule is COCCNCC(=O)NCC(C)Oc1ccccc1Br.Cl. The van der Waals surface area contributed by atoms with Crippen LogP contribution in [0.25, 0.3) is 0 Å². The van der Waals surface area contributed by atoms with E-state index in [-0.39, 0.29) is 31.0 Å². The first-order chi connectivity index (χ1) is 9.63. The van der Waals surface area contributed by atoms with E-state index in [1.165, 1.54) is 0 Å². The molecule has 1 atom stereocenters. The van der Waals surface area contributed by atoms with Gasteiger partial charge in [-0.2, -0.15) is 0 Å². The highest BCUT2D eigenvalue weighted by molar-refractivity contribution is 9.10. The molecule has 21 heavy (non-hydrogen) atoms. The number of nitrogens with one attached hydrogen (secondary N) is 2. The lowest BCUT2D eigenvalue weighted by molar-refractivity contribution is -0.120. The summed E-state index contributed by atoms with van der Waals surface area (Å²) in [7, 11) is 1.63. The van der Waals surface area contributed by atoms with Crippen molar-refractivity contribution in [3.63, 3.8) is 0 Å². The molecule has 0 radical (unpaired) electrons. The van der Waals surface area contributed by atoms with Crippen LogP contribution in [-0.2, 0) is 9.53 Å². The van der Waals surface area contributed by atoms with E-state index in [4.69, 9.17) is 9.47 Å². The monoisotopic (exact) mass is 380 g/mol. The predicted molar refractivity (Wildman–Crippen MR) is 89.2 cm³/mol. The molecule has 7 heteroatoms. The smallest absolute Gasteiger partial charge is 0.234 e. The molecule has 1 amide bonds. The average molecular weight is 382 g/mol. The molecule has 0 bridgehead atoms. The maximum atomic E-state index is 11.6. The Balaban J connectivity index is 0.00000400. The lowest BCUT2D eigenvalue weighted by Gasteiger charge is -2.16. The van der Waals surface area contributed by atoms with Gasteiger partial charge in [0.25, 0.3) is 0 Å². The molecule has 1 unspecified atom stereocenters. The third-order valence-corrected chi connectivity index (χ3v) is 3.18. The Hall–Kier alpha value is -0.820. The molecule has 1 rings (SSSR count). The average Bonchev–Trinajstić information content (AvgIpc) is 2.44. The van der Waals surface area contributed by atoms with Crippen molar-refractivity contribution < 1.29 is 14.3 Å². The summed E-state index contributed by atoms with van der Waals surface area (Å²) in [5, 5.41) is 5.80. The third kappa shape index (κ3) is 8.93. The van der Waals surface area contributed by atoms with Gasteiger partial charge in [-0.1, -0.05) is 12.1 Å². The Kier molecular flexibility index (Phi) is 11.3. The topological polar surface area (TPSA) is 59.6 Å². The van der Waals surface area contributed by atoms with Gasteiger partial charge in [0.1, 0.15) is 11.9 Å². The summed E-state index contributed by atoms with van der Waals surface area (Å²) < 4.78 is 11.5. The summed E-state index contributed by atoms with van der Waals surface area (Å²) in [6, 6.07) is 7.63. The number of hydrogen-bond acceptors (Lipinski definition) is 4. The van der Waals surface area contributed by atoms with Gasteiger partial charge in [0.2, 0.25) is 5.91 Å². The molecule has 0 aromatic heterocycles. The number of carbonyl (C=O) groups excluding carboxylic acids is 1. The lowest BCUT2D eigenvalue weighted by Crippen LogP contribution is -2.39. The zero-order valence-electron chi connectivity index (χ0n) is 12.2. The summed E-state index contributed by atoms with van der Waals surface area (Å²) in [6.45, 7) is 3.91. The van der Waals surface area contributed by atoms with Crippen LogP contribution in [-0.4, -0.2) is 45.4 Å². The van der Waals surface area contributed by atoms with Crippen LogP contribution in [0.15, 0.2) is 28.7 Å². The van der Waals surface area contributed by atoms with Gasteiger partial charge in [0, 0.05) is 13.7 Å². The van der Waals surface area contributed by atoms with Gasteiger partial charge in [-0.15, -0.1) is 12.4 Å². The molecule has 5 nitrogen and oxygen atoms in total. The van der Waals surface area contributed by atoms with E-state index in [0.717, 1.165) is 10.2 Å². The first-order valence-electron chi connectivity index (χ1n) is 6.51. The first-order valence-corrected chi connectivity index (χ1v) is 7.30. The van der Waals surface area contributed by atoms with Gasteiger partial charge in [-0.25, -0.2) is 0 Å². The molecule has 0 heterocycles. The zero-order valence-corrected chi connectivity index (χ0v) is 14.6. The van der Waals surface area contributed by atoms with Gasteiger partial charge >= 0.3 is 0 Å². The minimum atomic E-state index is -0.100. The molecule has 1 aromatic rings. The second-order valence-corrected chi connectivity index (χ2v) is 5.19. The van der Waals surface area contributed by atoms with Crippen LogP contribution in [0.5, 0.6) is 5.75 Å². The van der Waals surface area contributed by atoms with Crippen LogP contribution < -0.4 is 15.4 Å². The summed E-state index contributed by atoms with van der Waals surface area (Å²) in [6.07, 6.45) is -0.100. The van der Waals surface area contributed by atoms with Crippen molar-refractivity contribution in [2.75, 3.05) is 33.4 Å². The first kappa shape index (κ1) is 20.2.